The molecule has 0 saturated heterocycles. The third-order valence-corrected chi connectivity index (χ3v) is 5.20. The van der Waals surface area contributed by atoms with Crippen LogP contribution in [0.25, 0.3) is 11.1 Å². The van der Waals surface area contributed by atoms with E-state index in [1.807, 2.05) is 19.9 Å². The van der Waals surface area contributed by atoms with Crippen LogP contribution in [0.5, 0.6) is 0 Å². The van der Waals surface area contributed by atoms with Crippen molar-refractivity contribution >= 4 is 17.7 Å². The summed E-state index contributed by atoms with van der Waals surface area (Å²) in [4.78, 5) is 30.2. The van der Waals surface area contributed by atoms with Crippen LogP contribution in [0.4, 0.5) is 0 Å². The number of aromatic amines is 1. The number of thioether (sulfide) groups is 1. The van der Waals surface area contributed by atoms with Gasteiger partial charge >= 0.3 is 0 Å². The molecule has 0 saturated carbocycles. The average molecular weight is 344 g/mol. The van der Waals surface area contributed by atoms with Crippen molar-refractivity contribution in [2.24, 2.45) is 0 Å². The van der Waals surface area contributed by atoms with Crippen molar-refractivity contribution in [3.05, 3.63) is 51.4 Å². The molecule has 0 aliphatic carbocycles. The number of benzene rings is 1. The zero-order chi connectivity index (χ0) is 18.0. The molecule has 5 heteroatoms. The van der Waals surface area contributed by atoms with Crippen LogP contribution in [0.2, 0.25) is 0 Å². The topological polar surface area (TPSA) is 53.2 Å². The van der Waals surface area contributed by atoms with Gasteiger partial charge in [-0.3, -0.25) is 9.59 Å². The third-order valence-electron chi connectivity index (χ3n) is 3.88. The maximum atomic E-state index is 12.6. The molecule has 2 rings (SSSR count). The molecule has 24 heavy (non-hydrogen) atoms. The van der Waals surface area contributed by atoms with Crippen LogP contribution < -0.4 is 5.56 Å². The van der Waals surface area contributed by atoms with Gasteiger partial charge in [-0.2, -0.15) is 0 Å². The molecule has 1 aromatic carbocycles. The first-order chi connectivity index (χ1) is 11.2. The van der Waals surface area contributed by atoms with E-state index in [0.29, 0.717) is 16.4 Å². The predicted octanol–water partition coefficient (Wildman–Crippen LogP) is 3.86. The van der Waals surface area contributed by atoms with Gasteiger partial charge < -0.3 is 9.88 Å². The predicted molar refractivity (Wildman–Crippen MR) is 101 cm³/mol. The van der Waals surface area contributed by atoms with Gasteiger partial charge in [0.1, 0.15) is 0 Å². The van der Waals surface area contributed by atoms with E-state index in [9.17, 15) is 9.59 Å². The van der Waals surface area contributed by atoms with Crippen molar-refractivity contribution in [1.82, 2.24) is 9.88 Å². The van der Waals surface area contributed by atoms with Gasteiger partial charge in [-0.15, -0.1) is 11.8 Å². The lowest BCUT2D eigenvalue weighted by Gasteiger charge is -2.20. The molecule has 0 atom stereocenters. The van der Waals surface area contributed by atoms with Gasteiger partial charge in [0.15, 0.2) is 0 Å². The van der Waals surface area contributed by atoms with Crippen LogP contribution in [-0.4, -0.2) is 35.1 Å². The fourth-order valence-corrected chi connectivity index (χ4v) is 3.72. The monoisotopic (exact) mass is 344 g/mol. The van der Waals surface area contributed by atoms with Gasteiger partial charge in [-0.05, 0) is 48.7 Å². The third kappa shape index (κ3) is 3.56. The second-order valence-electron chi connectivity index (χ2n) is 6.33. The normalized spacial score (nSPS) is 11.0. The number of rotatable bonds is 4. The zero-order valence-electron chi connectivity index (χ0n) is 15.1. The molecular formula is C19H24N2O2S. The van der Waals surface area contributed by atoms with E-state index in [1.165, 1.54) is 0 Å². The molecule has 0 bridgehead atoms. The van der Waals surface area contributed by atoms with E-state index in [4.69, 9.17) is 0 Å². The highest BCUT2D eigenvalue weighted by molar-refractivity contribution is 8.00. The summed E-state index contributed by atoms with van der Waals surface area (Å²) >= 11 is 1.73. The Morgan fingerprint density at radius 3 is 2.38 bits per heavy atom. The lowest BCUT2D eigenvalue weighted by molar-refractivity contribution is 0.0826. The summed E-state index contributed by atoms with van der Waals surface area (Å²) in [5.41, 5.74) is 3.92. The Hall–Kier alpha value is -2.01. The number of hydrogen-bond acceptors (Lipinski definition) is 3. The van der Waals surface area contributed by atoms with Gasteiger partial charge in [-0.25, -0.2) is 0 Å². The number of aromatic nitrogens is 1. The Bertz CT molecular complexity index is 823. The summed E-state index contributed by atoms with van der Waals surface area (Å²) in [7, 11) is 3.48. The number of carbonyl (C=O) groups is 1. The van der Waals surface area contributed by atoms with Gasteiger partial charge in [-0.1, -0.05) is 13.8 Å². The largest absolute Gasteiger partial charge is 0.345 e. The fourth-order valence-electron chi connectivity index (χ4n) is 2.68. The van der Waals surface area contributed by atoms with Crippen LogP contribution in [0.1, 0.15) is 35.3 Å². The van der Waals surface area contributed by atoms with Crippen molar-refractivity contribution < 1.29 is 4.79 Å². The summed E-state index contributed by atoms with van der Waals surface area (Å²) < 4.78 is 0. The molecule has 2 aromatic rings. The Kier molecular flexibility index (Phi) is 5.54. The van der Waals surface area contributed by atoms with Crippen molar-refractivity contribution in [2.45, 2.75) is 37.8 Å². The molecule has 0 spiro atoms. The quantitative estimate of drug-likeness (QED) is 0.857. The molecule has 1 N–H and O–H groups in total. The Morgan fingerprint density at radius 2 is 1.83 bits per heavy atom. The molecule has 128 valence electrons. The van der Waals surface area contributed by atoms with Crippen molar-refractivity contribution in [1.29, 1.82) is 0 Å². The maximum Gasteiger partial charge on any atom is 0.255 e. The van der Waals surface area contributed by atoms with Gasteiger partial charge in [0.2, 0.25) is 0 Å². The highest BCUT2D eigenvalue weighted by Crippen LogP contribution is 2.37. The first-order valence-corrected chi connectivity index (χ1v) is 8.82. The van der Waals surface area contributed by atoms with Crippen LogP contribution in [0.3, 0.4) is 0 Å². The minimum Gasteiger partial charge on any atom is -0.345 e. The second kappa shape index (κ2) is 7.26. The summed E-state index contributed by atoms with van der Waals surface area (Å²) in [6, 6.07) is 5.45. The van der Waals surface area contributed by atoms with E-state index in [1.54, 1.807) is 49.1 Å². The highest BCUT2D eigenvalue weighted by atomic mass is 32.2. The summed E-state index contributed by atoms with van der Waals surface area (Å²) in [5.74, 6) is -0.0493. The minimum absolute atomic E-state index is 0.0493. The zero-order valence-corrected chi connectivity index (χ0v) is 15.9. The maximum absolute atomic E-state index is 12.6. The van der Waals surface area contributed by atoms with Crippen molar-refractivity contribution in [3.63, 3.8) is 0 Å². The van der Waals surface area contributed by atoms with E-state index < -0.39 is 0 Å². The van der Waals surface area contributed by atoms with Crippen molar-refractivity contribution in [2.75, 3.05) is 14.1 Å². The number of pyridine rings is 1. The van der Waals surface area contributed by atoms with Crippen LogP contribution in [0.15, 0.2) is 34.1 Å². The van der Waals surface area contributed by atoms with Gasteiger partial charge in [0.05, 0.1) is 0 Å². The Morgan fingerprint density at radius 1 is 1.17 bits per heavy atom. The van der Waals surface area contributed by atoms with Crippen LogP contribution >= 0.6 is 11.8 Å². The second-order valence-corrected chi connectivity index (χ2v) is 7.92. The first kappa shape index (κ1) is 18.3. The summed E-state index contributed by atoms with van der Waals surface area (Å²) in [5, 5.41) is 0.383. The summed E-state index contributed by atoms with van der Waals surface area (Å²) in [6.07, 6.45) is 1.62. The summed E-state index contributed by atoms with van der Waals surface area (Å²) in [6.45, 7) is 8.24. The van der Waals surface area contributed by atoms with E-state index in [0.717, 1.165) is 21.6 Å². The molecule has 1 aromatic heterocycles. The van der Waals surface area contributed by atoms with Crippen LogP contribution in [0, 0.1) is 13.8 Å². The molecule has 0 aliphatic heterocycles. The Labute approximate surface area is 147 Å². The van der Waals surface area contributed by atoms with Gasteiger partial charge in [0, 0.05) is 41.6 Å². The number of H-pyrrole nitrogens is 1. The molecule has 0 fully saturated rings. The molecule has 1 heterocycles. The molecular weight excluding hydrogens is 320 g/mol. The molecule has 0 aliphatic rings. The van der Waals surface area contributed by atoms with E-state index >= 15 is 0 Å². The Balaban J connectivity index is 2.80. The highest BCUT2D eigenvalue weighted by Gasteiger charge is 2.21. The number of carbonyl (C=O) groups excluding carboxylic acids is 1. The van der Waals surface area contributed by atoms with Crippen LogP contribution in [-0.2, 0) is 0 Å². The lowest BCUT2D eigenvalue weighted by Crippen LogP contribution is -2.23. The van der Waals surface area contributed by atoms with E-state index in [2.05, 4.69) is 18.8 Å². The number of amides is 1. The van der Waals surface area contributed by atoms with Crippen molar-refractivity contribution in [3.8, 4) is 11.1 Å². The fraction of sp³-hybridized carbons (Fsp3) is 0.368. The molecule has 0 radical (unpaired) electrons. The smallest absolute Gasteiger partial charge is 0.255 e. The number of hydrogen-bond donors (Lipinski definition) is 1. The SMILES string of the molecule is Cc1c(C(=O)N(C)C)cc(-c2ccc[nH]c2=O)c(C)c1SC(C)C. The van der Waals surface area contributed by atoms with Gasteiger partial charge in [0.25, 0.3) is 11.5 Å². The molecule has 0 unspecified atom stereocenters. The number of nitrogens with one attached hydrogen (secondary N) is 1. The standard InChI is InChI=1S/C19H24N2O2S/c1-11(2)24-17-12(3)15(14-8-7-9-20-18(14)22)10-16(13(17)4)19(23)21(5)6/h7-11H,1-6H3,(H,20,22). The molecule has 1 amide bonds. The molecule has 4 nitrogen and oxygen atoms in total. The minimum atomic E-state index is -0.145. The average Bonchev–Trinajstić information content (AvgIpc) is 2.52. The van der Waals surface area contributed by atoms with E-state index in [-0.39, 0.29) is 11.5 Å². The number of nitrogens with zero attached hydrogens (tertiary/aromatic N) is 1. The first-order valence-electron chi connectivity index (χ1n) is 7.94. The lowest BCUT2D eigenvalue weighted by atomic mass is 9.95.